The van der Waals surface area contributed by atoms with Crippen LogP contribution >= 0.6 is 0 Å². The number of aryl methyl sites for hydroxylation is 4. The molecule has 0 fully saturated rings. The van der Waals surface area contributed by atoms with Crippen molar-refractivity contribution in [2.45, 2.75) is 80.1 Å². The van der Waals surface area contributed by atoms with Crippen LogP contribution in [0.3, 0.4) is 0 Å². The van der Waals surface area contributed by atoms with Crippen LogP contribution in [0, 0.1) is 80.3 Å². The number of para-hydroxylation sites is 2. The van der Waals surface area contributed by atoms with Gasteiger partial charge in [-0.05, 0) is 175 Å². The molecule has 116 heavy (non-hydrogen) atoms. The molecule has 22 heteroatoms. The van der Waals surface area contributed by atoms with Crippen molar-refractivity contribution in [2.24, 2.45) is 0 Å². The number of furan rings is 4. The van der Waals surface area contributed by atoms with Crippen molar-refractivity contribution in [2.75, 3.05) is 67.4 Å². The zero-order valence-corrected chi connectivity index (χ0v) is 65.3. The number of aromatic nitrogens is 2. The second-order valence-electron chi connectivity index (χ2n) is 29.3. The van der Waals surface area contributed by atoms with E-state index < -0.39 is 0 Å². The first-order chi connectivity index (χ1) is 56.1. The molecule has 0 saturated carbocycles. The molecule has 0 radical (unpaired) electrons. The molecule has 6 aromatic heterocycles. The van der Waals surface area contributed by atoms with Gasteiger partial charge in [0.25, 0.3) is 0 Å². The minimum Gasteiger partial charge on any atom is -0.456 e. The first-order valence-electron chi connectivity index (χ1n) is 37.3. The summed E-state index contributed by atoms with van der Waals surface area (Å²) in [5.74, 6) is 0. The van der Waals surface area contributed by atoms with Crippen molar-refractivity contribution in [1.82, 2.24) is 9.97 Å². The predicted octanol–water partition coefficient (Wildman–Crippen LogP) is 26.5. The molecule has 4 atom stereocenters. The molecule has 0 bridgehead atoms. The molecule has 0 N–H and O–H groups in total. The van der Waals surface area contributed by atoms with Gasteiger partial charge in [-0.2, -0.15) is 0 Å². The number of fused-ring (bicyclic) bond motifs is 16. The van der Waals surface area contributed by atoms with Gasteiger partial charge in [0, 0.05) is 130 Å². The fourth-order valence-corrected chi connectivity index (χ4v) is 16.9. The lowest BCUT2D eigenvalue weighted by Gasteiger charge is -2.29. The van der Waals surface area contributed by atoms with Crippen molar-refractivity contribution >= 4 is 202 Å². The fourth-order valence-electron chi connectivity index (χ4n) is 16.9. The van der Waals surface area contributed by atoms with Gasteiger partial charge in [0.15, 0.2) is 33.9 Å². The Morgan fingerprint density at radius 1 is 0.276 bits per heavy atom. The van der Waals surface area contributed by atoms with Crippen molar-refractivity contribution in [1.29, 1.82) is 0 Å². The van der Waals surface area contributed by atoms with Gasteiger partial charge in [-0.15, -0.1) is 0 Å². The van der Waals surface area contributed by atoms with E-state index in [1.54, 1.807) is 36.7 Å². The van der Waals surface area contributed by atoms with Crippen LogP contribution in [0.1, 0.15) is 49.9 Å². The number of rotatable bonds is 4. The van der Waals surface area contributed by atoms with E-state index in [1.165, 1.54) is 0 Å². The Hall–Kier alpha value is -16.0. The van der Waals surface area contributed by atoms with Crippen molar-refractivity contribution in [3.8, 4) is 0 Å². The largest absolute Gasteiger partial charge is 0.456 e. The summed E-state index contributed by atoms with van der Waals surface area (Å²) >= 11 is 0. The molecule has 20 rings (SSSR count). The zero-order valence-electron chi connectivity index (χ0n) is 65.3. The molecule has 0 spiro atoms. The monoisotopic (exact) mass is 1510 g/mol. The van der Waals surface area contributed by atoms with Crippen LogP contribution in [0.4, 0.5) is 114 Å². The number of nitrogens with zero attached hydrogens (tertiary/aromatic N) is 18. The molecule has 22 nitrogen and oxygen atoms in total. The summed E-state index contributed by atoms with van der Waals surface area (Å²) in [6.07, 6.45) is 3.38. The molecule has 560 valence electrons. The number of hydrogen-bond donors (Lipinski definition) is 0. The third kappa shape index (κ3) is 11.3. The topological polar surface area (TPSA) is 139 Å². The van der Waals surface area contributed by atoms with E-state index in [4.69, 9.17) is 70.2 Å². The van der Waals surface area contributed by atoms with Crippen LogP contribution in [0.2, 0.25) is 0 Å². The van der Waals surface area contributed by atoms with Gasteiger partial charge in [-0.1, -0.05) is 60.7 Å². The van der Waals surface area contributed by atoms with E-state index in [-0.39, 0.29) is 24.7 Å². The molecule has 4 aliphatic rings. The average molecular weight is 1520 g/mol. The highest BCUT2D eigenvalue weighted by molar-refractivity contribution is 6.14. The van der Waals surface area contributed by atoms with E-state index in [0.717, 1.165) is 167 Å². The quantitative estimate of drug-likeness (QED) is 0.154. The van der Waals surface area contributed by atoms with Crippen LogP contribution in [0.25, 0.3) is 127 Å². The van der Waals surface area contributed by atoms with E-state index in [2.05, 4.69) is 191 Å². The molecule has 0 aliphatic carbocycles. The minimum absolute atomic E-state index is 0.00649. The lowest BCUT2D eigenvalue weighted by molar-refractivity contribution is 0.648. The summed E-state index contributed by atoms with van der Waals surface area (Å²) in [5, 5.41) is 8.33. The standard InChI is InChI=1S/2C24H18N4O.2C23H17N5O/c1-14-10-18-17-8-6-7-9-22(17)29-23(18)13-20(14)28-15(2)27(5)21-12-16(25-3)11-19(26-4)24(21)28;1-14-10-11-18-17-8-6-7-9-21(17)29-24(18)22(14)28-15(2)27(5)20-13-16(25-3)12-19(26-4)23(20)28;1-13-8-9-16-17-7-6-10-26-23(17)29-22(16)20(13)28-14(2)27(5)19-12-15(24-3)11-18(25-4)21(19)28;1-13-9-17-16-7-6-8-26-23(16)29-21(17)12-19(13)28-14(2)27(5)20-11-15(24-3)10-18(25-4)22(20)28/h2*6-13,15H,1-2,5H3;2*6-12,14H,1-2,5H3/t2*15-;2*14-/m0000/s1. The number of pyridine rings is 2. The smallest absolute Gasteiger partial charge is 0.227 e. The Morgan fingerprint density at radius 3 is 1.02 bits per heavy atom. The molecule has 0 saturated heterocycles. The van der Waals surface area contributed by atoms with Crippen LogP contribution in [0.15, 0.2) is 200 Å². The Balaban J connectivity index is 0.000000111. The maximum Gasteiger partial charge on any atom is 0.227 e. The Kier molecular flexibility index (Phi) is 17.6. The van der Waals surface area contributed by atoms with E-state index in [1.807, 2.05) is 126 Å². The Bertz CT molecular complexity index is 6840. The van der Waals surface area contributed by atoms with E-state index >= 15 is 0 Å². The summed E-state index contributed by atoms with van der Waals surface area (Å²) in [4.78, 5) is 54.9. The highest BCUT2D eigenvalue weighted by Crippen LogP contribution is 2.58. The van der Waals surface area contributed by atoms with Gasteiger partial charge >= 0.3 is 0 Å². The van der Waals surface area contributed by atoms with Crippen LogP contribution in [-0.4, -0.2) is 62.8 Å². The Labute approximate surface area is 669 Å². The SMILES string of the molecule is [C-]#[N+]c1cc([N+]#[C-])c2c(c1)N(C)[C@H](C)N2c1c(C)ccc2c1oc1ccccc12.[C-]#[N+]c1cc([N+]#[C-])c2c(c1)N(C)[C@H](C)N2c1c(C)ccc2c1oc1ncccc12.[C-]#[N+]c1cc([N+]#[C-])c2c(c1)N(C)[C@H](C)N2c1cc2oc3ccccc3c2cc1C.[C-]#[N+]c1cc([N+]#[C-])c2c(c1)N(C)[C@H](C)N2c1cc2oc3ncccc3c2cc1C. The molecule has 4 aliphatic heterocycles. The van der Waals surface area contributed by atoms with Crippen LogP contribution in [0.5, 0.6) is 0 Å². The lowest BCUT2D eigenvalue weighted by Crippen LogP contribution is -2.36. The van der Waals surface area contributed by atoms with Gasteiger partial charge in [0.1, 0.15) is 47.0 Å². The number of benzene rings is 10. The van der Waals surface area contributed by atoms with Gasteiger partial charge in [-0.25, -0.2) is 48.7 Å². The van der Waals surface area contributed by atoms with Gasteiger partial charge < -0.3 is 56.9 Å². The molecule has 10 aromatic carbocycles. The maximum absolute atomic E-state index is 7.73. The van der Waals surface area contributed by atoms with E-state index in [0.29, 0.717) is 56.9 Å². The predicted molar refractivity (Wildman–Crippen MR) is 465 cm³/mol. The average Bonchev–Trinajstić information content (AvgIpc) is 1.59. The fraction of sp³-hybridized carbons (Fsp3) is 0.170. The summed E-state index contributed by atoms with van der Waals surface area (Å²) < 4.78 is 24.6. The summed E-state index contributed by atoms with van der Waals surface area (Å²) in [6, 6.07) is 54.7. The number of anilines is 12. The number of hydrogen-bond acceptors (Lipinski definition) is 14. The lowest BCUT2D eigenvalue weighted by atomic mass is 10.1. The third-order valence-electron chi connectivity index (χ3n) is 23.0. The van der Waals surface area contributed by atoms with Gasteiger partial charge in [0.2, 0.25) is 34.2 Å². The maximum atomic E-state index is 7.73. The second-order valence-corrected chi connectivity index (χ2v) is 29.3. The first kappa shape index (κ1) is 72.9. The van der Waals surface area contributed by atoms with Gasteiger partial charge in [0.05, 0.1) is 86.7 Å². The van der Waals surface area contributed by atoms with E-state index in [9.17, 15) is 0 Å². The second kappa shape index (κ2) is 28.1. The molecular formula is C94H70N18O4. The third-order valence-corrected chi connectivity index (χ3v) is 23.0. The van der Waals surface area contributed by atoms with Crippen molar-refractivity contribution in [3.05, 3.63) is 296 Å². The summed E-state index contributed by atoms with van der Waals surface area (Å²) in [6.45, 7) is 77.0. The normalized spacial score (nSPS) is 15.6. The minimum atomic E-state index is -0.0445. The van der Waals surface area contributed by atoms with Gasteiger partial charge in [-0.3, -0.25) is 0 Å². The molecule has 10 heterocycles. The molecule has 0 amide bonds. The van der Waals surface area contributed by atoms with Crippen molar-refractivity contribution < 1.29 is 17.7 Å². The highest BCUT2D eigenvalue weighted by atomic mass is 16.3. The van der Waals surface area contributed by atoms with Crippen molar-refractivity contribution in [3.63, 3.8) is 0 Å². The van der Waals surface area contributed by atoms with Crippen LogP contribution in [-0.2, 0) is 0 Å². The van der Waals surface area contributed by atoms with Crippen LogP contribution < -0.4 is 39.2 Å². The zero-order chi connectivity index (χ0) is 81.1. The highest BCUT2D eigenvalue weighted by Gasteiger charge is 2.41. The summed E-state index contributed by atoms with van der Waals surface area (Å²) in [5.41, 5.74) is 25.1. The molecule has 0 unspecified atom stereocenters. The molecular weight excluding hydrogens is 1450 g/mol. The first-order valence-corrected chi connectivity index (χ1v) is 37.3. The molecule has 16 aromatic rings. The summed E-state index contributed by atoms with van der Waals surface area (Å²) in [7, 11) is 7.98. The Morgan fingerprint density at radius 2 is 0.603 bits per heavy atom.